The number of aromatic nitrogens is 5. The third kappa shape index (κ3) is 4.50. The summed E-state index contributed by atoms with van der Waals surface area (Å²) in [5.74, 6) is -0.692. The quantitative estimate of drug-likeness (QED) is 0.321. The molecule has 0 saturated heterocycles. The van der Waals surface area contributed by atoms with E-state index in [-0.39, 0.29) is 28.0 Å². The van der Waals surface area contributed by atoms with Gasteiger partial charge in [0.2, 0.25) is 0 Å². The van der Waals surface area contributed by atoms with E-state index in [1.54, 1.807) is 16.8 Å². The summed E-state index contributed by atoms with van der Waals surface area (Å²) in [6.45, 7) is 1.95. The Morgan fingerprint density at radius 3 is 2.60 bits per heavy atom. The highest BCUT2D eigenvalue weighted by atomic mass is 35.5. The monoisotopic (exact) mass is 508 g/mol. The topological polar surface area (TPSA) is 77.6 Å². The zero-order chi connectivity index (χ0) is 24.7. The minimum Gasteiger partial charge on any atom is -0.304 e. The molecule has 5 rings (SSSR count). The van der Waals surface area contributed by atoms with E-state index in [2.05, 4.69) is 15.5 Å². The molecule has 10 heteroatoms. The molecule has 0 aliphatic heterocycles. The van der Waals surface area contributed by atoms with Gasteiger partial charge in [-0.05, 0) is 31.2 Å². The molecule has 0 bridgehead atoms. The number of rotatable bonds is 5. The Bertz CT molecular complexity index is 1570. The van der Waals surface area contributed by atoms with E-state index in [1.165, 1.54) is 23.0 Å². The average molecular weight is 509 g/mol. The number of carbonyl (C=O) groups is 1. The van der Waals surface area contributed by atoms with Crippen molar-refractivity contribution in [2.24, 2.45) is 7.05 Å². The van der Waals surface area contributed by atoms with Crippen molar-refractivity contribution in [2.45, 2.75) is 13.5 Å². The Morgan fingerprint density at radius 2 is 1.86 bits per heavy atom. The van der Waals surface area contributed by atoms with Gasteiger partial charge in [0.1, 0.15) is 10.8 Å². The van der Waals surface area contributed by atoms with Crippen molar-refractivity contribution in [3.8, 4) is 11.3 Å². The van der Waals surface area contributed by atoms with Crippen molar-refractivity contribution in [2.75, 3.05) is 5.32 Å². The Balaban J connectivity index is 1.49. The van der Waals surface area contributed by atoms with E-state index >= 15 is 0 Å². The van der Waals surface area contributed by atoms with Crippen LogP contribution in [0.4, 0.5) is 10.2 Å². The van der Waals surface area contributed by atoms with Crippen LogP contribution in [-0.2, 0) is 13.6 Å². The minimum absolute atomic E-state index is 0.0592. The number of nitrogens with zero attached hydrogens (tertiary/aromatic N) is 5. The second-order valence-electron chi connectivity index (χ2n) is 8.05. The molecule has 1 amide bonds. The maximum Gasteiger partial charge on any atom is 0.257 e. The van der Waals surface area contributed by atoms with E-state index in [0.717, 1.165) is 11.3 Å². The molecular formula is C25H19Cl2FN6O. The molecule has 0 unspecified atom stereocenters. The molecule has 0 aliphatic carbocycles. The van der Waals surface area contributed by atoms with Gasteiger partial charge in [-0.3, -0.25) is 14.2 Å². The molecule has 35 heavy (non-hydrogen) atoms. The molecule has 0 spiro atoms. The molecular weight excluding hydrogens is 490 g/mol. The first kappa shape index (κ1) is 23.0. The van der Waals surface area contributed by atoms with Crippen molar-refractivity contribution in [3.05, 3.63) is 93.6 Å². The van der Waals surface area contributed by atoms with Gasteiger partial charge in [0.05, 0.1) is 29.0 Å². The Morgan fingerprint density at radius 1 is 1.06 bits per heavy atom. The number of halogens is 3. The molecule has 2 aromatic carbocycles. The normalized spacial score (nSPS) is 11.2. The SMILES string of the molecule is Cc1nn(C)cc1-c1cc(C(=O)Nc2nn(Cc3c(F)cccc3Cl)cc2Cl)c2ccccc2n1. The number of anilines is 1. The Hall–Kier alpha value is -3.75. The number of para-hydroxylation sites is 1. The van der Waals surface area contributed by atoms with E-state index < -0.39 is 11.7 Å². The number of fused-ring (bicyclic) bond motifs is 1. The third-order valence-electron chi connectivity index (χ3n) is 5.58. The smallest absolute Gasteiger partial charge is 0.257 e. The first-order valence-corrected chi connectivity index (χ1v) is 11.4. The summed E-state index contributed by atoms with van der Waals surface area (Å²) in [4.78, 5) is 18.1. The Labute approximate surface area is 210 Å². The predicted molar refractivity (Wildman–Crippen MR) is 134 cm³/mol. The molecule has 0 fully saturated rings. The van der Waals surface area contributed by atoms with Crippen LogP contribution in [0, 0.1) is 12.7 Å². The summed E-state index contributed by atoms with van der Waals surface area (Å²) in [7, 11) is 1.83. The fourth-order valence-corrected chi connectivity index (χ4v) is 4.36. The lowest BCUT2D eigenvalue weighted by atomic mass is 10.0. The maximum absolute atomic E-state index is 14.2. The first-order valence-electron chi connectivity index (χ1n) is 10.7. The highest BCUT2D eigenvalue weighted by Gasteiger charge is 2.19. The number of aryl methyl sites for hydroxylation is 2. The molecule has 1 N–H and O–H groups in total. The second-order valence-corrected chi connectivity index (χ2v) is 8.87. The molecule has 0 atom stereocenters. The molecule has 0 radical (unpaired) electrons. The largest absolute Gasteiger partial charge is 0.304 e. The molecule has 0 aliphatic rings. The van der Waals surface area contributed by atoms with E-state index in [0.29, 0.717) is 22.2 Å². The van der Waals surface area contributed by atoms with Gasteiger partial charge in [-0.1, -0.05) is 47.5 Å². The van der Waals surface area contributed by atoms with E-state index in [4.69, 9.17) is 28.2 Å². The number of hydrogen-bond acceptors (Lipinski definition) is 4. The highest BCUT2D eigenvalue weighted by molar-refractivity contribution is 6.33. The van der Waals surface area contributed by atoms with Crippen LogP contribution < -0.4 is 5.32 Å². The van der Waals surface area contributed by atoms with Crippen LogP contribution in [0.15, 0.2) is 60.9 Å². The lowest BCUT2D eigenvalue weighted by molar-refractivity contribution is 0.102. The van der Waals surface area contributed by atoms with Crippen molar-refractivity contribution in [1.82, 2.24) is 24.5 Å². The van der Waals surface area contributed by atoms with Gasteiger partial charge in [-0.25, -0.2) is 9.37 Å². The summed E-state index contributed by atoms with van der Waals surface area (Å²) in [6, 6.07) is 13.6. The second kappa shape index (κ2) is 9.13. The third-order valence-corrected chi connectivity index (χ3v) is 6.21. The van der Waals surface area contributed by atoms with Gasteiger partial charge >= 0.3 is 0 Å². The number of pyridine rings is 1. The van der Waals surface area contributed by atoms with Crippen LogP contribution in [0.2, 0.25) is 10.0 Å². The number of amides is 1. The van der Waals surface area contributed by atoms with Gasteiger partial charge < -0.3 is 5.32 Å². The van der Waals surface area contributed by atoms with Gasteiger partial charge in [-0.15, -0.1) is 0 Å². The van der Waals surface area contributed by atoms with Crippen molar-refractivity contribution < 1.29 is 9.18 Å². The highest BCUT2D eigenvalue weighted by Crippen LogP contribution is 2.28. The predicted octanol–water partition coefficient (Wildman–Crippen LogP) is 5.89. The molecule has 0 saturated carbocycles. The van der Waals surface area contributed by atoms with Gasteiger partial charge in [0.25, 0.3) is 5.91 Å². The van der Waals surface area contributed by atoms with Crippen molar-refractivity contribution in [3.63, 3.8) is 0 Å². The van der Waals surface area contributed by atoms with Crippen LogP contribution in [-0.4, -0.2) is 30.5 Å². The number of hydrogen-bond donors (Lipinski definition) is 1. The van der Waals surface area contributed by atoms with Gasteiger partial charge in [0.15, 0.2) is 5.82 Å². The molecule has 176 valence electrons. The molecule has 3 heterocycles. The van der Waals surface area contributed by atoms with Gasteiger partial charge in [0, 0.05) is 41.0 Å². The zero-order valence-corrected chi connectivity index (χ0v) is 20.3. The van der Waals surface area contributed by atoms with Crippen LogP contribution >= 0.6 is 23.2 Å². The van der Waals surface area contributed by atoms with Crippen LogP contribution in [0.25, 0.3) is 22.2 Å². The average Bonchev–Trinajstić information content (AvgIpc) is 3.35. The van der Waals surface area contributed by atoms with Crippen LogP contribution in [0.3, 0.4) is 0 Å². The summed E-state index contributed by atoms with van der Waals surface area (Å²) in [5, 5.41) is 12.7. The number of benzene rings is 2. The fraction of sp³-hybridized carbons (Fsp3) is 0.120. The summed E-state index contributed by atoms with van der Waals surface area (Å²) in [6.07, 6.45) is 3.37. The summed E-state index contributed by atoms with van der Waals surface area (Å²) < 4.78 is 17.3. The maximum atomic E-state index is 14.2. The van der Waals surface area contributed by atoms with Gasteiger partial charge in [-0.2, -0.15) is 10.2 Å². The fourth-order valence-electron chi connectivity index (χ4n) is 3.94. The van der Waals surface area contributed by atoms with Crippen LogP contribution in [0.1, 0.15) is 21.6 Å². The minimum atomic E-state index is -0.448. The number of carbonyl (C=O) groups excluding carboxylic acids is 1. The van der Waals surface area contributed by atoms with E-state index in [1.807, 2.05) is 44.4 Å². The Kier molecular flexibility index (Phi) is 6.00. The lowest BCUT2D eigenvalue weighted by Crippen LogP contribution is -2.14. The summed E-state index contributed by atoms with van der Waals surface area (Å²) in [5.41, 5.74) is 3.63. The molecule has 7 nitrogen and oxygen atoms in total. The first-order chi connectivity index (χ1) is 16.8. The van der Waals surface area contributed by atoms with Crippen molar-refractivity contribution in [1.29, 1.82) is 0 Å². The zero-order valence-electron chi connectivity index (χ0n) is 18.8. The molecule has 5 aromatic rings. The van der Waals surface area contributed by atoms with E-state index in [9.17, 15) is 9.18 Å². The standard InChI is InChI=1S/C25H19Cl2FN6O/c1-14-17(11-33(2)31-14)23-10-16(15-6-3-4-9-22(15)29-23)25(35)30-24-20(27)13-34(32-24)12-18-19(26)7-5-8-21(18)28/h3-11,13H,12H2,1-2H3,(H,30,32,35). The summed E-state index contributed by atoms with van der Waals surface area (Å²) >= 11 is 12.5. The van der Waals surface area contributed by atoms with Crippen molar-refractivity contribution >= 4 is 45.8 Å². The van der Waals surface area contributed by atoms with Crippen LogP contribution in [0.5, 0.6) is 0 Å². The number of nitrogens with one attached hydrogen (secondary N) is 1. The molecule has 3 aromatic heterocycles. The lowest BCUT2D eigenvalue weighted by Gasteiger charge is -2.10.